The lowest BCUT2D eigenvalue weighted by atomic mass is 10.1. The molecule has 0 radical (unpaired) electrons. The minimum absolute atomic E-state index is 0.141. The average Bonchev–Trinajstić information content (AvgIpc) is 2.86. The van der Waals surface area contributed by atoms with E-state index < -0.39 is 0 Å². The highest BCUT2D eigenvalue weighted by atomic mass is 35.5. The Kier molecular flexibility index (Phi) is 5.31. The van der Waals surface area contributed by atoms with Crippen LogP contribution in [0.25, 0.3) is 11.3 Å². The molecular formula is C16H20Cl2N2O. The number of aromatic nitrogens is 1. The molecule has 2 aromatic rings. The number of benzene rings is 1. The van der Waals surface area contributed by atoms with Gasteiger partial charge in [-0.3, -0.25) is 0 Å². The second-order valence-corrected chi connectivity index (χ2v) is 6.84. The number of hydrogen-bond donors (Lipinski definition) is 1. The van der Waals surface area contributed by atoms with Crippen LogP contribution in [0.3, 0.4) is 0 Å². The Morgan fingerprint density at radius 2 is 1.95 bits per heavy atom. The van der Waals surface area contributed by atoms with Gasteiger partial charge in [0.15, 0.2) is 11.7 Å². The van der Waals surface area contributed by atoms with E-state index in [9.17, 15) is 0 Å². The maximum atomic E-state index is 6.01. The fraction of sp³-hybridized carbons (Fsp3) is 0.438. The first kappa shape index (κ1) is 16.3. The lowest BCUT2D eigenvalue weighted by Crippen LogP contribution is -2.36. The van der Waals surface area contributed by atoms with Crippen molar-refractivity contribution in [1.29, 1.82) is 0 Å². The number of hydrogen-bond acceptors (Lipinski definition) is 3. The summed E-state index contributed by atoms with van der Waals surface area (Å²) in [6.45, 7) is 7.40. The Hall–Kier alpha value is -1.03. The van der Waals surface area contributed by atoms with Crippen molar-refractivity contribution < 1.29 is 4.42 Å². The number of rotatable bonds is 5. The molecule has 2 rings (SSSR count). The zero-order valence-electron chi connectivity index (χ0n) is 12.5. The zero-order chi connectivity index (χ0) is 15.5. The van der Waals surface area contributed by atoms with Gasteiger partial charge in [0.2, 0.25) is 0 Å². The van der Waals surface area contributed by atoms with E-state index in [4.69, 9.17) is 27.6 Å². The molecule has 1 heterocycles. The molecule has 0 bridgehead atoms. The highest BCUT2D eigenvalue weighted by Gasteiger charge is 2.10. The predicted molar refractivity (Wildman–Crippen MR) is 88.0 cm³/mol. The van der Waals surface area contributed by atoms with Crippen molar-refractivity contribution in [2.75, 3.05) is 6.54 Å². The standard InChI is InChI=1S/C16H20Cl2N2O/c1-16(2,3)20-8-4-5-15-19-10-14(21-15)11-6-7-12(17)13(18)9-11/h6-7,9-10,20H,4-5,8H2,1-3H3. The van der Waals surface area contributed by atoms with E-state index >= 15 is 0 Å². The van der Waals surface area contributed by atoms with Gasteiger partial charge in [-0.1, -0.05) is 23.2 Å². The van der Waals surface area contributed by atoms with Crippen molar-refractivity contribution in [2.24, 2.45) is 0 Å². The van der Waals surface area contributed by atoms with Crippen LogP contribution in [-0.4, -0.2) is 17.1 Å². The molecule has 114 valence electrons. The van der Waals surface area contributed by atoms with Crippen molar-refractivity contribution >= 4 is 23.2 Å². The van der Waals surface area contributed by atoms with E-state index in [2.05, 4.69) is 31.1 Å². The van der Waals surface area contributed by atoms with Gasteiger partial charge < -0.3 is 9.73 Å². The summed E-state index contributed by atoms with van der Waals surface area (Å²) in [6.07, 6.45) is 3.52. The normalized spacial score (nSPS) is 11.9. The van der Waals surface area contributed by atoms with E-state index in [0.29, 0.717) is 15.8 Å². The Morgan fingerprint density at radius 1 is 1.19 bits per heavy atom. The van der Waals surface area contributed by atoms with Crippen molar-refractivity contribution in [3.63, 3.8) is 0 Å². The summed E-state index contributed by atoms with van der Waals surface area (Å²) < 4.78 is 5.76. The lowest BCUT2D eigenvalue weighted by molar-refractivity contribution is 0.412. The number of nitrogens with one attached hydrogen (secondary N) is 1. The summed E-state index contributed by atoms with van der Waals surface area (Å²) in [6, 6.07) is 5.42. The van der Waals surface area contributed by atoms with Gasteiger partial charge in [0.05, 0.1) is 16.2 Å². The number of nitrogens with zero attached hydrogens (tertiary/aromatic N) is 1. The fourth-order valence-electron chi connectivity index (χ4n) is 1.91. The second kappa shape index (κ2) is 6.82. The van der Waals surface area contributed by atoms with Crippen LogP contribution in [0.2, 0.25) is 10.0 Å². The van der Waals surface area contributed by atoms with Gasteiger partial charge in [0, 0.05) is 17.5 Å². The van der Waals surface area contributed by atoms with Crippen LogP contribution >= 0.6 is 23.2 Å². The van der Waals surface area contributed by atoms with Gasteiger partial charge in [0.1, 0.15) is 0 Å². The molecule has 0 unspecified atom stereocenters. The SMILES string of the molecule is CC(C)(C)NCCCc1ncc(-c2ccc(Cl)c(Cl)c2)o1. The van der Waals surface area contributed by atoms with Crippen molar-refractivity contribution in [1.82, 2.24) is 10.3 Å². The summed E-state index contributed by atoms with van der Waals surface area (Å²) >= 11 is 11.9. The molecule has 0 aliphatic rings. The zero-order valence-corrected chi connectivity index (χ0v) is 14.1. The predicted octanol–water partition coefficient (Wildman–Crippen LogP) is 4.97. The van der Waals surface area contributed by atoms with Gasteiger partial charge in [-0.25, -0.2) is 4.98 Å². The van der Waals surface area contributed by atoms with E-state index in [0.717, 1.165) is 30.8 Å². The summed E-state index contributed by atoms with van der Waals surface area (Å²) in [5.74, 6) is 1.46. The summed E-state index contributed by atoms with van der Waals surface area (Å²) in [7, 11) is 0. The van der Waals surface area contributed by atoms with E-state index in [-0.39, 0.29) is 5.54 Å². The van der Waals surface area contributed by atoms with Crippen LogP contribution in [0, 0.1) is 0 Å². The van der Waals surface area contributed by atoms with Crippen molar-refractivity contribution in [3.05, 3.63) is 40.3 Å². The Labute approximate surface area is 135 Å². The molecule has 1 N–H and O–H groups in total. The lowest BCUT2D eigenvalue weighted by Gasteiger charge is -2.19. The summed E-state index contributed by atoms with van der Waals surface area (Å²) in [5.41, 5.74) is 1.03. The molecule has 5 heteroatoms. The Bertz CT molecular complexity index is 603. The number of aryl methyl sites for hydroxylation is 1. The molecule has 0 aliphatic heterocycles. The van der Waals surface area contributed by atoms with Crippen molar-refractivity contribution in [3.8, 4) is 11.3 Å². The molecule has 0 fully saturated rings. The largest absolute Gasteiger partial charge is 0.441 e. The molecule has 0 saturated heterocycles. The molecule has 0 amide bonds. The van der Waals surface area contributed by atoms with Gasteiger partial charge >= 0.3 is 0 Å². The third-order valence-corrected chi connectivity index (χ3v) is 3.72. The summed E-state index contributed by atoms with van der Waals surface area (Å²) in [4.78, 5) is 4.31. The van der Waals surface area contributed by atoms with Gasteiger partial charge in [0.25, 0.3) is 0 Å². The van der Waals surface area contributed by atoms with Crippen LogP contribution in [0.15, 0.2) is 28.8 Å². The molecule has 1 aromatic carbocycles. The minimum Gasteiger partial charge on any atom is -0.441 e. The van der Waals surface area contributed by atoms with Crippen LogP contribution in [0.1, 0.15) is 33.1 Å². The van der Waals surface area contributed by atoms with Crippen LogP contribution in [0.4, 0.5) is 0 Å². The molecular weight excluding hydrogens is 307 g/mol. The molecule has 1 aromatic heterocycles. The Morgan fingerprint density at radius 3 is 2.62 bits per heavy atom. The van der Waals surface area contributed by atoms with Crippen LogP contribution in [0.5, 0.6) is 0 Å². The maximum absolute atomic E-state index is 6.01. The summed E-state index contributed by atoms with van der Waals surface area (Å²) in [5, 5.41) is 4.49. The average molecular weight is 327 g/mol. The third kappa shape index (κ3) is 5.03. The van der Waals surface area contributed by atoms with Gasteiger partial charge in [-0.2, -0.15) is 0 Å². The molecule has 0 saturated carbocycles. The maximum Gasteiger partial charge on any atom is 0.194 e. The first-order valence-electron chi connectivity index (χ1n) is 7.00. The fourth-order valence-corrected chi connectivity index (χ4v) is 2.21. The monoisotopic (exact) mass is 326 g/mol. The third-order valence-electron chi connectivity index (χ3n) is 2.98. The highest BCUT2D eigenvalue weighted by molar-refractivity contribution is 6.42. The van der Waals surface area contributed by atoms with Crippen LogP contribution in [-0.2, 0) is 6.42 Å². The first-order chi connectivity index (χ1) is 9.85. The molecule has 3 nitrogen and oxygen atoms in total. The number of halogens is 2. The van der Waals surface area contributed by atoms with E-state index in [1.54, 1.807) is 18.3 Å². The van der Waals surface area contributed by atoms with Crippen molar-refractivity contribution in [2.45, 2.75) is 39.2 Å². The second-order valence-electron chi connectivity index (χ2n) is 6.03. The van der Waals surface area contributed by atoms with Crippen LogP contribution < -0.4 is 5.32 Å². The molecule has 21 heavy (non-hydrogen) atoms. The topological polar surface area (TPSA) is 38.1 Å². The van der Waals surface area contributed by atoms with E-state index in [1.807, 2.05) is 6.07 Å². The quantitative estimate of drug-likeness (QED) is 0.788. The Balaban J connectivity index is 1.93. The van der Waals surface area contributed by atoms with Gasteiger partial charge in [-0.15, -0.1) is 0 Å². The smallest absolute Gasteiger partial charge is 0.194 e. The van der Waals surface area contributed by atoms with E-state index in [1.165, 1.54) is 0 Å². The highest BCUT2D eigenvalue weighted by Crippen LogP contribution is 2.28. The molecule has 0 atom stereocenters. The minimum atomic E-state index is 0.141. The molecule has 0 aliphatic carbocycles. The van der Waals surface area contributed by atoms with Gasteiger partial charge in [-0.05, 0) is 51.9 Å². The first-order valence-corrected chi connectivity index (χ1v) is 7.76. The molecule has 0 spiro atoms. The number of oxazole rings is 1.